The third kappa shape index (κ3) is 4.94. The average molecular weight is 460 g/mol. The van der Waals surface area contributed by atoms with Crippen LogP contribution in [0.1, 0.15) is 28.6 Å². The summed E-state index contributed by atoms with van der Waals surface area (Å²) in [5.41, 5.74) is 8.12. The molecule has 11 nitrogen and oxygen atoms in total. The second kappa shape index (κ2) is 9.96. The van der Waals surface area contributed by atoms with E-state index in [1.54, 1.807) is 44.6 Å². The first-order chi connectivity index (χ1) is 16.5. The third-order valence-electron chi connectivity index (χ3n) is 5.03. The number of ether oxygens (including phenoxy) is 2. The monoisotopic (exact) mass is 460 g/mol. The number of hydrogen-bond acceptors (Lipinski definition) is 8. The van der Waals surface area contributed by atoms with Gasteiger partial charge in [-0.1, -0.05) is 6.07 Å². The molecule has 0 saturated carbocycles. The zero-order chi connectivity index (χ0) is 24.1. The van der Waals surface area contributed by atoms with Gasteiger partial charge in [0, 0.05) is 30.8 Å². The molecule has 0 unspecified atom stereocenters. The summed E-state index contributed by atoms with van der Waals surface area (Å²) in [6.45, 7) is 0.382. The van der Waals surface area contributed by atoms with Crippen LogP contribution in [-0.2, 0) is 11.3 Å². The van der Waals surface area contributed by atoms with Gasteiger partial charge >= 0.3 is 5.69 Å². The summed E-state index contributed by atoms with van der Waals surface area (Å²) in [7, 11) is 3.20. The molecular weight excluding hydrogens is 436 g/mol. The van der Waals surface area contributed by atoms with Crippen LogP contribution in [0, 0.1) is 5.41 Å². The van der Waals surface area contributed by atoms with E-state index in [1.807, 2.05) is 18.2 Å². The van der Waals surface area contributed by atoms with E-state index in [0.717, 1.165) is 21.5 Å². The molecule has 11 heteroatoms. The molecular formula is C23H24N8O3. The highest BCUT2D eigenvalue weighted by molar-refractivity contribution is 5.95. The van der Waals surface area contributed by atoms with Gasteiger partial charge in [0.2, 0.25) is 0 Å². The summed E-state index contributed by atoms with van der Waals surface area (Å²) in [6, 6.07) is 13.9. The van der Waals surface area contributed by atoms with Gasteiger partial charge in [0.1, 0.15) is 17.6 Å². The van der Waals surface area contributed by atoms with Crippen LogP contribution in [0.5, 0.6) is 5.75 Å². The number of nitrogens with zero attached hydrogens (tertiary/aromatic N) is 4. The Morgan fingerprint density at radius 3 is 2.56 bits per heavy atom. The summed E-state index contributed by atoms with van der Waals surface area (Å²) < 4.78 is 11.9. The largest absolute Gasteiger partial charge is 0.497 e. The molecule has 0 fully saturated rings. The van der Waals surface area contributed by atoms with E-state index >= 15 is 0 Å². The summed E-state index contributed by atoms with van der Waals surface area (Å²) >= 11 is 0. The van der Waals surface area contributed by atoms with E-state index in [4.69, 9.17) is 20.6 Å². The maximum Gasteiger partial charge on any atom is 0.350 e. The number of rotatable bonds is 9. The van der Waals surface area contributed by atoms with Crippen molar-refractivity contribution >= 4 is 11.5 Å². The molecule has 0 radical (unpaired) electrons. The van der Waals surface area contributed by atoms with Crippen LogP contribution in [-0.4, -0.2) is 44.8 Å². The maximum atomic E-state index is 12.7. The summed E-state index contributed by atoms with van der Waals surface area (Å²) in [4.78, 5) is 23.7. The standard InChI is InChI=1S/C23H24N8O3/c1-33-13-14-10-16(12-18(11-14)34-2)19(28-17-6-4-15(5-7-17)20(24)25)21-29-23(32)31(30-21)22-26-8-3-9-27-22/h3-12,19,28H,13H2,1-2H3,(H3,24,25)(H,29,30,32)/t19-/m0/s1. The molecule has 4 aromatic rings. The molecule has 0 saturated heterocycles. The van der Waals surface area contributed by atoms with E-state index < -0.39 is 11.7 Å². The van der Waals surface area contributed by atoms with Crippen LogP contribution in [0.2, 0.25) is 0 Å². The van der Waals surface area contributed by atoms with E-state index in [-0.39, 0.29) is 11.8 Å². The Balaban J connectivity index is 1.80. The van der Waals surface area contributed by atoms with Gasteiger partial charge in [0.15, 0.2) is 5.82 Å². The molecule has 0 aliphatic carbocycles. The Morgan fingerprint density at radius 1 is 1.18 bits per heavy atom. The fraction of sp³-hybridized carbons (Fsp3) is 0.174. The molecule has 4 rings (SSSR count). The van der Waals surface area contributed by atoms with Gasteiger partial charge in [0.25, 0.3) is 5.95 Å². The molecule has 2 aromatic heterocycles. The predicted molar refractivity (Wildman–Crippen MR) is 126 cm³/mol. The molecule has 2 heterocycles. The fourth-order valence-electron chi connectivity index (χ4n) is 3.45. The summed E-state index contributed by atoms with van der Waals surface area (Å²) in [5, 5.41) is 15.5. The van der Waals surface area contributed by atoms with Crippen molar-refractivity contribution in [1.29, 1.82) is 5.41 Å². The third-order valence-corrected chi connectivity index (χ3v) is 5.03. The quantitative estimate of drug-likeness (QED) is 0.218. The van der Waals surface area contributed by atoms with Gasteiger partial charge < -0.3 is 20.5 Å². The van der Waals surface area contributed by atoms with Crippen LogP contribution in [0.15, 0.2) is 65.7 Å². The van der Waals surface area contributed by atoms with Crippen LogP contribution < -0.4 is 21.5 Å². The number of H-pyrrole nitrogens is 1. The van der Waals surface area contributed by atoms with Gasteiger partial charge in [-0.15, -0.1) is 9.78 Å². The number of aromatic nitrogens is 5. The van der Waals surface area contributed by atoms with Crippen molar-refractivity contribution in [3.05, 3.63) is 93.9 Å². The molecule has 0 spiro atoms. The van der Waals surface area contributed by atoms with Crippen LogP contribution in [0.3, 0.4) is 0 Å². The van der Waals surface area contributed by atoms with E-state index in [9.17, 15) is 4.79 Å². The zero-order valence-electron chi connectivity index (χ0n) is 18.6. The number of aromatic amines is 1. The number of nitrogens with one attached hydrogen (secondary N) is 3. The van der Waals surface area contributed by atoms with Gasteiger partial charge in [-0.05, 0) is 53.6 Å². The molecule has 0 bridgehead atoms. The molecule has 5 N–H and O–H groups in total. The van der Waals surface area contributed by atoms with Crippen LogP contribution in [0.4, 0.5) is 5.69 Å². The molecule has 0 aliphatic rings. The topological polar surface area (TPSA) is 157 Å². The minimum Gasteiger partial charge on any atom is -0.497 e. The Bertz CT molecular complexity index is 1330. The van der Waals surface area contributed by atoms with Crippen LogP contribution in [0.25, 0.3) is 5.95 Å². The fourth-order valence-corrected chi connectivity index (χ4v) is 3.45. The van der Waals surface area contributed by atoms with Crippen molar-refractivity contribution in [2.75, 3.05) is 19.5 Å². The number of methoxy groups -OCH3 is 2. The first-order valence-electron chi connectivity index (χ1n) is 10.3. The average Bonchev–Trinajstić information content (AvgIpc) is 3.24. The molecule has 34 heavy (non-hydrogen) atoms. The van der Waals surface area contributed by atoms with Crippen molar-refractivity contribution in [3.63, 3.8) is 0 Å². The van der Waals surface area contributed by atoms with Crippen molar-refractivity contribution < 1.29 is 9.47 Å². The highest BCUT2D eigenvalue weighted by atomic mass is 16.5. The van der Waals surface area contributed by atoms with Gasteiger partial charge in [0.05, 0.1) is 13.7 Å². The highest BCUT2D eigenvalue weighted by Gasteiger charge is 2.22. The number of hydrogen-bond donors (Lipinski definition) is 4. The second-order valence-electron chi connectivity index (χ2n) is 7.39. The van der Waals surface area contributed by atoms with Gasteiger partial charge in [-0.3, -0.25) is 10.4 Å². The van der Waals surface area contributed by atoms with Crippen molar-refractivity contribution in [2.24, 2.45) is 5.73 Å². The Labute approximate surface area is 195 Å². The Morgan fingerprint density at radius 2 is 1.91 bits per heavy atom. The Kier molecular flexibility index (Phi) is 6.64. The van der Waals surface area contributed by atoms with Gasteiger partial charge in [-0.2, -0.15) is 0 Å². The molecule has 1 atom stereocenters. The highest BCUT2D eigenvalue weighted by Crippen LogP contribution is 2.29. The number of nitrogen functional groups attached to an aromatic ring is 1. The lowest BCUT2D eigenvalue weighted by Gasteiger charge is -2.20. The van der Waals surface area contributed by atoms with Crippen LogP contribution >= 0.6 is 0 Å². The van der Waals surface area contributed by atoms with Gasteiger partial charge in [-0.25, -0.2) is 14.8 Å². The molecule has 2 aromatic carbocycles. The number of amidine groups is 1. The summed E-state index contributed by atoms with van der Waals surface area (Å²) in [6.07, 6.45) is 3.07. The lowest BCUT2D eigenvalue weighted by atomic mass is 10.0. The smallest absolute Gasteiger partial charge is 0.350 e. The number of anilines is 1. The Hall–Kier alpha value is -4.51. The van der Waals surface area contributed by atoms with Crippen molar-refractivity contribution in [1.82, 2.24) is 24.7 Å². The zero-order valence-corrected chi connectivity index (χ0v) is 18.6. The SMILES string of the molecule is COCc1cc(OC)cc([C@H](Nc2ccc(C(=N)N)cc2)c2nn(-c3ncccn3)c(=O)[nH]2)c1. The minimum atomic E-state index is -0.563. The minimum absolute atomic E-state index is 0.0222. The first-order valence-corrected chi connectivity index (χ1v) is 10.3. The normalized spacial score (nSPS) is 11.7. The predicted octanol–water partition coefficient (Wildman–Crippen LogP) is 1.99. The first kappa shape index (κ1) is 22.7. The maximum absolute atomic E-state index is 12.7. The van der Waals surface area contributed by atoms with Crippen molar-refractivity contribution in [3.8, 4) is 11.7 Å². The lowest BCUT2D eigenvalue weighted by Crippen LogP contribution is -2.18. The van der Waals surface area contributed by atoms with E-state index in [0.29, 0.717) is 23.7 Å². The van der Waals surface area contributed by atoms with E-state index in [1.165, 1.54) is 12.4 Å². The summed E-state index contributed by atoms with van der Waals surface area (Å²) in [5.74, 6) is 1.12. The number of benzene rings is 2. The second-order valence-corrected chi connectivity index (χ2v) is 7.39. The molecule has 174 valence electrons. The molecule has 0 amide bonds. The lowest BCUT2D eigenvalue weighted by molar-refractivity contribution is 0.184. The molecule has 0 aliphatic heterocycles. The van der Waals surface area contributed by atoms with E-state index in [2.05, 4.69) is 25.4 Å². The number of nitrogens with two attached hydrogens (primary N) is 1. The van der Waals surface area contributed by atoms with Crippen molar-refractivity contribution in [2.45, 2.75) is 12.6 Å².